The number of likely N-dealkylation sites (tertiary alicyclic amines) is 1. The highest BCUT2D eigenvalue weighted by Gasteiger charge is 2.20. The monoisotopic (exact) mass is 413 g/mol. The van der Waals surface area contributed by atoms with Crippen molar-refractivity contribution in [1.29, 1.82) is 0 Å². The minimum atomic E-state index is -0.543. The third kappa shape index (κ3) is 5.07. The van der Waals surface area contributed by atoms with E-state index in [1.165, 1.54) is 0 Å². The molecule has 3 aromatic rings. The van der Waals surface area contributed by atoms with Gasteiger partial charge < -0.3 is 9.64 Å². The van der Waals surface area contributed by atoms with Gasteiger partial charge in [0.25, 0.3) is 0 Å². The van der Waals surface area contributed by atoms with E-state index in [2.05, 4.69) is 0 Å². The van der Waals surface area contributed by atoms with Crippen molar-refractivity contribution in [3.05, 3.63) is 95.6 Å². The fraction of sp³-hybridized carbons (Fsp3) is 0.192. The first-order chi connectivity index (χ1) is 15.1. The quantitative estimate of drug-likeness (QED) is 0.422. The molecule has 1 fully saturated rings. The van der Waals surface area contributed by atoms with E-state index < -0.39 is 5.97 Å². The highest BCUT2D eigenvalue weighted by Crippen LogP contribution is 2.19. The number of esters is 1. The fourth-order valence-electron chi connectivity index (χ4n) is 3.61. The van der Waals surface area contributed by atoms with Crippen LogP contribution in [-0.2, 0) is 16.1 Å². The van der Waals surface area contributed by atoms with Gasteiger partial charge >= 0.3 is 5.97 Å². The molecule has 1 aliphatic rings. The maximum atomic E-state index is 12.4. The molecule has 0 saturated carbocycles. The van der Waals surface area contributed by atoms with Crippen LogP contribution < -0.4 is 0 Å². The zero-order valence-corrected chi connectivity index (χ0v) is 17.1. The summed E-state index contributed by atoms with van der Waals surface area (Å²) in [7, 11) is 0. The Morgan fingerprint density at radius 3 is 2.10 bits per heavy atom. The number of amides is 1. The lowest BCUT2D eigenvalue weighted by molar-refractivity contribution is -0.128. The molecule has 0 bridgehead atoms. The first-order valence-electron chi connectivity index (χ1n) is 10.3. The molecule has 31 heavy (non-hydrogen) atoms. The number of benzene rings is 3. The Hall–Kier alpha value is -3.73. The van der Waals surface area contributed by atoms with Crippen molar-refractivity contribution in [3.63, 3.8) is 0 Å². The second-order valence-corrected chi connectivity index (χ2v) is 7.56. The molecule has 156 valence electrons. The van der Waals surface area contributed by atoms with E-state index >= 15 is 0 Å². The van der Waals surface area contributed by atoms with E-state index in [-0.39, 0.29) is 18.3 Å². The van der Waals surface area contributed by atoms with Crippen molar-refractivity contribution in [3.8, 4) is 11.1 Å². The van der Waals surface area contributed by atoms with E-state index in [0.717, 1.165) is 29.7 Å². The molecule has 1 heterocycles. The van der Waals surface area contributed by atoms with Crippen molar-refractivity contribution in [1.82, 2.24) is 4.90 Å². The molecule has 0 radical (unpaired) electrons. The second-order valence-electron chi connectivity index (χ2n) is 7.56. The smallest absolute Gasteiger partial charge is 0.338 e. The van der Waals surface area contributed by atoms with Gasteiger partial charge in [-0.25, -0.2) is 4.79 Å². The Kier molecular flexibility index (Phi) is 6.22. The summed E-state index contributed by atoms with van der Waals surface area (Å²) in [5, 5.41) is 0. The minimum absolute atomic E-state index is 0.166. The van der Waals surface area contributed by atoms with Crippen LogP contribution in [0, 0.1) is 0 Å². The number of ketones is 1. The van der Waals surface area contributed by atoms with E-state index in [1.807, 2.05) is 59.5 Å². The van der Waals surface area contributed by atoms with Crippen LogP contribution in [0.3, 0.4) is 0 Å². The molecule has 0 N–H and O–H groups in total. The number of hydrogen-bond donors (Lipinski definition) is 0. The Bertz CT molecular complexity index is 1070. The topological polar surface area (TPSA) is 63.7 Å². The highest BCUT2D eigenvalue weighted by atomic mass is 16.5. The predicted octanol–water partition coefficient (Wildman–Crippen LogP) is 4.52. The van der Waals surface area contributed by atoms with Crippen molar-refractivity contribution in [2.45, 2.75) is 19.4 Å². The lowest BCUT2D eigenvalue weighted by Gasteiger charge is -2.15. The van der Waals surface area contributed by atoms with Gasteiger partial charge in [0.2, 0.25) is 5.91 Å². The molecule has 3 aromatic carbocycles. The molecule has 0 spiro atoms. The average molecular weight is 413 g/mol. The third-order valence-corrected chi connectivity index (χ3v) is 5.38. The van der Waals surface area contributed by atoms with Crippen LogP contribution in [0.1, 0.15) is 39.1 Å². The molecule has 1 saturated heterocycles. The number of ether oxygens (including phenoxy) is 1. The first-order valence-corrected chi connectivity index (χ1v) is 10.3. The molecule has 5 heteroatoms. The van der Waals surface area contributed by atoms with E-state index in [9.17, 15) is 14.4 Å². The largest absolute Gasteiger partial charge is 0.454 e. The van der Waals surface area contributed by atoms with Gasteiger partial charge in [-0.3, -0.25) is 9.59 Å². The Morgan fingerprint density at radius 2 is 1.45 bits per heavy atom. The summed E-state index contributed by atoms with van der Waals surface area (Å²) in [4.78, 5) is 38.2. The van der Waals surface area contributed by atoms with Crippen molar-refractivity contribution in [2.24, 2.45) is 0 Å². The van der Waals surface area contributed by atoms with E-state index in [1.54, 1.807) is 24.3 Å². The normalized spacial score (nSPS) is 13.3. The van der Waals surface area contributed by atoms with Crippen molar-refractivity contribution >= 4 is 17.7 Å². The van der Waals surface area contributed by atoms with E-state index in [4.69, 9.17) is 4.74 Å². The average Bonchev–Trinajstić information content (AvgIpc) is 3.22. The predicted molar refractivity (Wildman–Crippen MR) is 118 cm³/mol. The summed E-state index contributed by atoms with van der Waals surface area (Å²) >= 11 is 0. The molecule has 5 nitrogen and oxygen atoms in total. The number of rotatable bonds is 7. The Morgan fingerprint density at radius 1 is 0.806 bits per heavy atom. The maximum Gasteiger partial charge on any atom is 0.338 e. The number of carbonyl (C=O) groups is 3. The number of hydrogen-bond acceptors (Lipinski definition) is 4. The highest BCUT2D eigenvalue weighted by molar-refractivity contribution is 5.99. The Balaban J connectivity index is 1.31. The van der Waals surface area contributed by atoms with Crippen LogP contribution >= 0.6 is 0 Å². The van der Waals surface area contributed by atoms with Gasteiger partial charge in [0.1, 0.15) is 0 Å². The SMILES string of the molecule is O=C(COC(=O)c1ccc(CN2CCCC2=O)cc1)c1ccc(-c2ccccc2)cc1. The summed E-state index contributed by atoms with van der Waals surface area (Å²) in [5.74, 6) is -0.631. The van der Waals surface area contributed by atoms with Crippen LogP contribution in [0.25, 0.3) is 11.1 Å². The molecule has 1 amide bonds. The van der Waals surface area contributed by atoms with Gasteiger partial charge in [-0.1, -0.05) is 66.7 Å². The van der Waals surface area contributed by atoms with Gasteiger partial charge in [-0.15, -0.1) is 0 Å². The van der Waals surface area contributed by atoms with Crippen molar-refractivity contribution < 1.29 is 19.1 Å². The molecule has 0 aromatic heterocycles. The number of carbonyl (C=O) groups excluding carboxylic acids is 3. The molecule has 4 rings (SSSR count). The minimum Gasteiger partial charge on any atom is -0.454 e. The molecular formula is C26H23NO4. The van der Waals surface area contributed by atoms with Crippen LogP contribution in [0.5, 0.6) is 0 Å². The van der Waals surface area contributed by atoms with Gasteiger partial charge in [-0.2, -0.15) is 0 Å². The standard InChI is InChI=1S/C26H23NO4/c28-24(22-14-12-21(13-15-22)20-5-2-1-3-6-20)18-31-26(30)23-10-8-19(9-11-23)17-27-16-4-7-25(27)29/h1-3,5-6,8-15H,4,7,16-18H2. The van der Waals surface area contributed by atoms with Gasteiger partial charge in [-0.05, 0) is 35.2 Å². The first kappa shape index (κ1) is 20.5. The zero-order chi connectivity index (χ0) is 21.6. The summed E-state index contributed by atoms with van der Waals surface area (Å²) < 4.78 is 5.20. The van der Waals surface area contributed by atoms with Crippen LogP contribution in [0.4, 0.5) is 0 Å². The molecular weight excluding hydrogens is 390 g/mol. The molecule has 0 atom stereocenters. The number of nitrogens with zero attached hydrogens (tertiary/aromatic N) is 1. The van der Waals surface area contributed by atoms with Gasteiger partial charge in [0.15, 0.2) is 12.4 Å². The van der Waals surface area contributed by atoms with Gasteiger partial charge in [0, 0.05) is 25.1 Å². The van der Waals surface area contributed by atoms with Crippen LogP contribution in [0.15, 0.2) is 78.9 Å². The van der Waals surface area contributed by atoms with Gasteiger partial charge in [0.05, 0.1) is 5.56 Å². The van der Waals surface area contributed by atoms with Crippen LogP contribution in [0.2, 0.25) is 0 Å². The zero-order valence-electron chi connectivity index (χ0n) is 17.1. The molecule has 0 unspecified atom stereocenters. The molecule has 0 aliphatic carbocycles. The summed E-state index contributed by atoms with van der Waals surface area (Å²) in [5.41, 5.74) is 3.93. The maximum absolute atomic E-state index is 12.4. The second kappa shape index (κ2) is 9.39. The Labute approximate surface area is 181 Å². The third-order valence-electron chi connectivity index (χ3n) is 5.38. The summed E-state index contributed by atoms with van der Waals surface area (Å²) in [6.45, 7) is 1.01. The van der Waals surface area contributed by atoms with Crippen molar-refractivity contribution in [2.75, 3.05) is 13.2 Å². The van der Waals surface area contributed by atoms with E-state index in [0.29, 0.717) is 24.1 Å². The molecule has 1 aliphatic heterocycles. The fourth-order valence-corrected chi connectivity index (χ4v) is 3.61. The lowest BCUT2D eigenvalue weighted by atomic mass is 10.0. The summed E-state index contributed by atoms with van der Waals surface area (Å²) in [6.07, 6.45) is 1.50. The lowest BCUT2D eigenvalue weighted by Crippen LogP contribution is -2.23. The van der Waals surface area contributed by atoms with Crippen LogP contribution in [-0.4, -0.2) is 35.7 Å². The number of Topliss-reactive ketones (excluding diaryl/α,β-unsaturated/α-hetero) is 1. The summed E-state index contributed by atoms with van der Waals surface area (Å²) in [6, 6.07) is 24.1.